The zero-order valence-electron chi connectivity index (χ0n) is 14.5. The number of thioether (sulfide) groups is 1. The lowest BCUT2D eigenvalue weighted by Gasteiger charge is -2.08. The van der Waals surface area contributed by atoms with Gasteiger partial charge in [0.1, 0.15) is 6.33 Å². The zero-order valence-corrected chi connectivity index (χ0v) is 15.3. The van der Waals surface area contributed by atoms with E-state index in [1.165, 1.54) is 18.1 Å². The Bertz CT molecular complexity index is 1080. The van der Waals surface area contributed by atoms with Gasteiger partial charge in [0, 0.05) is 11.1 Å². The molecule has 2 heterocycles. The van der Waals surface area contributed by atoms with Gasteiger partial charge in [0.15, 0.2) is 0 Å². The van der Waals surface area contributed by atoms with Crippen molar-refractivity contribution in [2.75, 3.05) is 11.1 Å². The van der Waals surface area contributed by atoms with Gasteiger partial charge >= 0.3 is 0 Å². The molecule has 0 unspecified atom stereocenters. The number of nitrogens with one attached hydrogen (secondary N) is 1. The van der Waals surface area contributed by atoms with Crippen LogP contribution in [0.2, 0.25) is 0 Å². The fraction of sp³-hybridized carbons (Fsp3) is 0.105. The summed E-state index contributed by atoms with van der Waals surface area (Å²) in [5.74, 6) is 0.210. The third-order valence-corrected chi connectivity index (χ3v) is 4.93. The number of pyridine rings is 1. The largest absolute Gasteiger partial charge is 0.325 e. The first-order valence-corrected chi connectivity index (χ1v) is 9.30. The molecule has 0 radical (unpaired) electrons. The number of amides is 1. The van der Waals surface area contributed by atoms with Crippen LogP contribution in [0.5, 0.6) is 0 Å². The highest BCUT2D eigenvalue weighted by Gasteiger charge is 2.07. The number of aromatic nitrogens is 5. The van der Waals surface area contributed by atoms with Gasteiger partial charge in [-0.1, -0.05) is 30.0 Å². The Morgan fingerprint density at radius 2 is 1.96 bits per heavy atom. The summed E-state index contributed by atoms with van der Waals surface area (Å²) in [6.45, 7) is 2.06. The van der Waals surface area contributed by atoms with E-state index in [0.717, 1.165) is 32.9 Å². The predicted octanol–water partition coefficient (Wildman–Crippen LogP) is 3.25. The summed E-state index contributed by atoms with van der Waals surface area (Å²) >= 11 is 1.42. The van der Waals surface area contributed by atoms with Crippen molar-refractivity contribution in [3.63, 3.8) is 0 Å². The number of nitrogens with zero attached hydrogens (tertiary/aromatic N) is 5. The van der Waals surface area contributed by atoms with Crippen LogP contribution in [0, 0.1) is 6.92 Å². The van der Waals surface area contributed by atoms with Crippen LogP contribution in [0.4, 0.5) is 5.69 Å². The van der Waals surface area contributed by atoms with Crippen molar-refractivity contribution >= 4 is 34.3 Å². The number of rotatable bonds is 5. The summed E-state index contributed by atoms with van der Waals surface area (Å²) < 4.78 is 1.55. The van der Waals surface area contributed by atoms with E-state index in [0.29, 0.717) is 5.75 Å². The third-order valence-electron chi connectivity index (χ3n) is 4.02. The predicted molar refractivity (Wildman–Crippen MR) is 105 cm³/mol. The smallest absolute Gasteiger partial charge is 0.234 e. The molecule has 0 spiro atoms. The van der Waals surface area contributed by atoms with Gasteiger partial charge in [-0.15, -0.1) is 5.10 Å². The number of aryl methyl sites for hydroxylation is 1. The summed E-state index contributed by atoms with van der Waals surface area (Å²) in [5, 5.41) is 15.9. The first-order valence-electron chi connectivity index (χ1n) is 8.31. The minimum absolute atomic E-state index is 0.0808. The molecule has 7 nitrogen and oxygen atoms in total. The van der Waals surface area contributed by atoms with Gasteiger partial charge in [-0.2, -0.15) is 0 Å². The third kappa shape index (κ3) is 3.95. The Labute approximate surface area is 159 Å². The number of hydrogen-bond acceptors (Lipinski definition) is 6. The van der Waals surface area contributed by atoms with Crippen LogP contribution in [0.3, 0.4) is 0 Å². The van der Waals surface area contributed by atoms with Crippen molar-refractivity contribution in [1.29, 1.82) is 0 Å². The second kappa shape index (κ2) is 7.55. The van der Waals surface area contributed by atoms with E-state index in [-0.39, 0.29) is 5.91 Å². The van der Waals surface area contributed by atoms with Crippen LogP contribution >= 0.6 is 11.8 Å². The highest BCUT2D eigenvalue weighted by Crippen LogP contribution is 2.23. The van der Waals surface area contributed by atoms with Crippen LogP contribution < -0.4 is 5.32 Å². The van der Waals surface area contributed by atoms with Gasteiger partial charge in [0.05, 0.1) is 22.0 Å². The van der Waals surface area contributed by atoms with Crippen molar-refractivity contribution in [1.82, 2.24) is 25.2 Å². The Kier molecular flexibility index (Phi) is 4.80. The maximum atomic E-state index is 12.3. The molecule has 0 saturated carbocycles. The SMILES string of the molecule is Cc1cc(SCC(=O)Nc2ccc(-n3cnnn3)cc2)nc2ccccc12. The number of hydrogen-bond donors (Lipinski definition) is 1. The van der Waals surface area contributed by atoms with Gasteiger partial charge in [0.25, 0.3) is 0 Å². The second-order valence-electron chi connectivity index (χ2n) is 5.93. The quantitative estimate of drug-likeness (QED) is 0.538. The molecule has 0 saturated heterocycles. The topological polar surface area (TPSA) is 85.6 Å². The molecule has 0 aliphatic carbocycles. The maximum Gasteiger partial charge on any atom is 0.234 e. The van der Waals surface area contributed by atoms with Gasteiger partial charge < -0.3 is 5.32 Å². The van der Waals surface area contributed by atoms with Crippen LogP contribution in [0.25, 0.3) is 16.6 Å². The van der Waals surface area contributed by atoms with Crippen molar-refractivity contribution in [3.05, 3.63) is 66.5 Å². The van der Waals surface area contributed by atoms with Crippen LogP contribution in [-0.2, 0) is 4.79 Å². The first-order chi connectivity index (χ1) is 13.2. The highest BCUT2D eigenvalue weighted by molar-refractivity contribution is 7.99. The summed E-state index contributed by atoms with van der Waals surface area (Å²) in [6.07, 6.45) is 1.52. The van der Waals surface area contributed by atoms with Crippen molar-refractivity contribution in [3.8, 4) is 5.69 Å². The molecule has 0 atom stereocenters. The number of para-hydroxylation sites is 1. The van der Waals surface area contributed by atoms with Crippen molar-refractivity contribution in [2.24, 2.45) is 0 Å². The summed E-state index contributed by atoms with van der Waals surface area (Å²) in [5.41, 5.74) is 3.64. The maximum absolute atomic E-state index is 12.3. The van der Waals surface area contributed by atoms with E-state index in [4.69, 9.17) is 0 Å². The summed E-state index contributed by atoms with van der Waals surface area (Å²) in [7, 11) is 0. The van der Waals surface area contributed by atoms with E-state index in [1.807, 2.05) is 48.5 Å². The van der Waals surface area contributed by atoms with E-state index in [1.54, 1.807) is 4.68 Å². The van der Waals surface area contributed by atoms with E-state index in [9.17, 15) is 4.79 Å². The lowest BCUT2D eigenvalue weighted by molar-refractivity contribution is -0.113. The molecule has 0 fully saturated rings. The Morgan fingerprint density at radius 1 is 1.15 bits per heavy atom. The van der Waals surface area contributed by atoms with E-state index >= 15 is 0 Å². The van der Waals surface area contributed by atoms with Crippen LogP contribution in [0.15, 0.2) is 66.0 Å². The lowest BCUT2D eigenvalue weighted by atomic mass is 10.1. The molecule has 27 heavy (non-hydrogen) atoms. The normalized spacial score (nSPS) is 10.9. The molecule has 2 aromatic carbocycles. The van der Waals surface area contributed by atoms with Gasteiger partial charge in [-0.05, 0) is 59.3 Å². The minimum Gasteiger partial charge on any atom is -0.325 e. The first kappa shape index (κ1) is 17.2. The number of carbonyl (C=O) groups excluding carboxylic acids is 1. The molecular formula is C19H16N6OS. The lowest BCUT2D eigenvalue weighted by Crippen LogP contribution is -2.14. The van der Waals surface area contributed by atoms with Crippen LogP contribution in [0.1, 0.15) is 5.56 Å². The average Bonchev–Trinajstić information content (AvgIpc) is 3.22. The molecule has 0 aliphatic heterocycles. The molecular weight excluding hydrogens is 360 g/mol. The fourth-order valence-corrected chi connectivity index (χ4v) is 3.48. The van der Waals surface area contributed by atoms with Gasteiger partial charge in [-0.3, -0.25) is 4.79 Å². The molecule has 134 valence electrons. The van der Waals surface area contributed by atoms with Crippen molar-refractivity contribution < 1.29 is 4.79 Å². The number of carbonyl (C=O) groups is 1. The highest BCUT2D eigenvalue weighted by atomic mass is 32.2. The minimum atomic E-state index is -0.0808. The standard InChI is InChI=1S/C19H16N6OS/c1-13-10-19(22-17-5-3-2-4-16(13)17)27-11-18(26)21-14-6-8-15(9-7-14)25-12-20-23-24-25/h2-10,12H,11H2,1H3,(H,21,26). The molecule has 1 amide bonds. The monoisotopic (exact) mass is 376 g/mol. The number of anilines is 1. The van der Waals surface area contributed by atoms with Gasteiger partial charge in [-0.25, -0.2) is 9.67 Å². The van der Waals surface area contributed by atoms with E-state index < -0.39 is 0 Å². The fourth-order valence-electron chi connectivity index (χ4n) is 2.71. The molecule has 1 N–H and O–H groups in total. The molecule has 4 aromatic rings. The summed E-state index contributed by atoms with van der Waals surface area (Å²) in [6, 6.07) is 17.3. The molecule has 0 aliphatic rings. The number of fused-ring (bicyclic) bond motifs is 1. The number of tetrazole rings is 1. The zero-order chi connectivity index (χ0) is 18.6. The Morgan fingerprint density at radius 3 is 2.74 bits per heavy atom. The van der Waals surface area contributed by atoms with Crippen LogP contribution in [-0.4, -0.2) is 36.9 Å². The van der Waals surface area contributed by atoms with Crippen molar-refractivity contribution in [2.45, 2.75) is 11.9 Å². The average molecular weight is 376 g/mol. The van der Waals surface area contributed by atoms with Gasteiger partial charge in [0.2, 0.25) is 5.91 Å². The molecule has 0 bridgehead atoms. The number of benzene rings is 2. The molecule has 4 rings (SSSR count). The second-order valence-corrected chi connectivity index (χ2v) is 6.93. The molecule has 2 aromatic heterocycles. The Hall–Kier alpha value is -3.26. The molecule has 8 heteroatoms. The Balaban J connectivity index is 1.38. The van der Waals surface area contributed by atoms with E-state index in [2.05, 4.69) is 38.8 Å². The summed E-state index contributed by atoms with van der Waals surface area (Å²) in [4.78, 5) is 16.9.